The van der Waals surface area contributed by atoms with Gasteiger partial charge in [0.05, 0.1) is 25.8 Å². The molecule has 0 aliphatic carbocycles. The summed E-state index contributed by atoms with van der Waals surface area (Å²) in [6.45, 7) is 2.14. The van der Waals surface area contributed by atoms with Crippen LogP contribution in [0.15, 0.2) is 17.7 Å². The number of nitrogens with one attached hydrogen (secondary N) is 1. The zero-order valence-corrected chi connectivity index (χ0v) is 14.2. The van der Waals surface area contributed by atoms with Crippen molar-refractivity contribution < 1.29 is 19.0 Å². The SMILES string of the molecule is COC[C@H](C)NC(=O)/C(C#N)=C/c1cc(Cl)c(OC)c(OC)c1. The maximum absolute atomic E-state index is 12.1. The quantitative estimate of drug-likeness (QED) is 0.610. The molecule has 1 rings (SSSR count). The first kappa shape index (κ1) is 18.8. The second-order valence-corrected chi connectivity index (χ2v) is 5.15. The van der Waals surface area contributed by atoms with E-state index in [4.69, 9.17) is 25.8 Å². The molecule has 23 heavy (non-hydrogen) atoms. The van der Waals surface area contributed by atoms with Gasteiger partial charge in [0.15, 0.2) is 11.5 Å². The fraction of sp³-hybridized carbons (Fsp3) is 0.375. The molecule has 0 aliphatic heterocycles. The van der Waals surface area contributed by atoms with Crippen LogP contribution < -0.4 is 14.8 Å². The summed E-state index contributed by atoms with van der Waals surface area (Å²) in [6, 6.07) is 4.89. The molecule has 1 aromatic rings. The summed E-state index contributed by atoms with van der Waals surface area (Å²) in [6.07, 6.45) is 1.43. The van der Waals surface area contributed by atoms with Gasteiger partial charge in [-0.2, -0.15) is 5.26 Å². The minimum Gasteiger partial charge on any atom is -0.493 e. The number of carbonyl (C=O) groups excluding carboxylic acids is 1. The Hall–Kier alpha value is -2.23. The number of benzene rings is 1. The van der Waals surface area contributed by atoms with Crippen molar-refractivity contribution in [2.24, 2.45) is 0 Å². The highest BCUT2D eigenvalue weighted by atomic mass is 35.5. The van der Waals surface area contributed by atoms with Crippen LogP contribution in [0.5, 0.6) is 11.5 Å². The van der Waals surface area contributed by atoms with E-state index in [1.165, 1.54) is 27.4 Å². The van der Waals surface area contributed by atoms with E-state index in [1.54, 1.807) is 19.1 Å². The molecule has 0 saturated carbocycles. The molecule has 0 fully saturated rings. The van der Waals surface area contributed by atoms with Crippen molar-refractivity contribution in [2.45, 2.75) is 13.0 Å². The Balaban J connectivity index is 3.09. The Kier molecular flexibility index (Phi) is 7.39. The average molecular weight is 339 g/mol. The molecular formula is C16H19ClN2O4. The number of amides is 1. The average Bonchev–Trinajstić information content (AvgIpc) is 2.51. The normalized spacial score (nSPS) is 12.3. The molecule has 1 atom stereocenters. The fourth-order valence-electron chi connectivity index (χ4n) is 1.93. The Labute approximate surface area is 140 Å². The van der Waals surface area contributed by atoms with Gasteiger partial charge in [0, 0.05) is 13.2 Å². The molecular weight excluding hydrogens is 320 g/mol. The molecule has 1 aromatic carbocycles. The number of hydrogen-bond acceptors (Lipinski definition) is 5. The summed E-state index contributed by atoms with van der Waals surface area (Å²) >= 11 is 6.11. The van der Waals surface area contributed by atoms with Gasteiger partial charge in [0.1, 0.15) is 11.6 Å². The number of nitrogens with zero attached hydrogens (tertiary/aromatic N) is 1. The highest BCUT2D eigenvalue weighted by Crippen LogP contribution is 2.36. The molecule has 0 unspecified atom stereocenters. The van der Waals surface area contributed by atoms with Crippen LogP contribution in [0.3, 0.4) is 0 Å². The monoisotopic (exact) mass is 338 g/mol. The number of halogens is 1. The molecule has 0 aromatic heterocycles. The van der Waals surface area contributed by atoms with Gasteiger partial charge in [0.25, 0.3) is 5.91 Å². The van der Waals surface area contributed by atoms with Gasteiger partial charge in [-0.05, 0) is 30.7 Å². The number of hydrogen-bond donors (Lipinski definition) is 1. The molecule has 1 amide bonds. The molecule has 0 spiro atoms. The van der Waals surface area contributed by atoms with Crippen molar-refractivity contribution in [3.8, 4) is 17.6 Å². The number of methoxy groups -OCH3 is 3. The van der Waals surface area contributed by atoms with Gasteiger partial charge < -0.3 is 19.5 Å². The minimum absolute atomic E-state index is 0.0451. The van der Waals surface area contributed by atoms with E-state index >= 15 is 0 Å². The van der Waals surface area contributed by atoms with Crippen molar-refractivity contribution >= 4 is 23.6 Å². The largest absolute Gasteiger partial charge is 0.493 e. The van der Waals surface area contributed by atoms with Gasteiger partial charge >= 0.3 is 0 Å². The van der Waals surface area contributed by atoms with Crippen LogP contribution >= 0.6 is 11.6 Å². The third-order valence-corrected chi connectivity index (χ3v) is 3.21. The Bertz CT molecular complexity index is 638. The van der Waals surface area contributed by atoms with E-state index in [1.807, 2.05) is 6.07 Å². The van der Waals surface area contributed by atoms with Gasteiger partial charge in [-0.25, -0.2) is 0 Å². The third-order valence-electron chi connectivity index (χ3n) is 2.93. The molecule has 1 N–H and O–H groups in total. The highest BCUT2D eigenvalue weighted by Gasteiger charge is 2.14. The summed E-state index contributed by atoms with van der Waals surface area (Å²) in [7, 11) is 4.49. The van der Waals surface area contributed by atoms with Crippen LogP contribution in [-0.2, 0) is 9.53 Å². The Morgan fingerprint density at radius 3 is 2.61 bits per heavy atom. The molecule has 0 aliphatic rings. The zero-order valence-electron chi connectivity index (χ0n) is 13.5. The van der Waals surface area contributed by atoms with E-state index in [0.29, 0.717) is 28.7 Å². The highest BCUT2D eigenvalue weighted by molar-refractivity contribution is 6.32. The number of nitriles is 1. The maximum atomic E-state index is 12.1. The lowest BCUT2D eigenvalue weighted by atomic mass is 10.1. The molecule has 0 heterocycles. The number of carbonyl (C=O) groups is 1. The molecule has 0 radical (unpaired) electrons. The summed E-state index contributed by atoms with van der Waals surface area (Å²) in [5.41, 5.74) is 0.509. The molecule has 124 valence electrons. The minimum atomic E-state index is -0.483. The van der Waals surface area contributed by atoms with Gasteiger partial charge in [-0.1, -0.05) is 11.6 Å². The Morgan fingerprint density at radius 2 is 2.09 bits per heavy atom. The van der Waals surface area contributed by atoms with Crippen LogP contribution in [0.2, 0.25) is 5.02 Å². The lowest BCUT2D eigenvalue weighted by Crippen LogP contribution is -2.36. The van der Waals surface area contributed by atoms with Crippen LogP contribution in [0.1, 0.15) is 12.5 Å². The number of rotatable bonds is 7. The smallest absolute Gasteiger partial charge is 0.262 e. The van der Waals surface area contributed by atoms with Crippen LogP contribution in [0.4, 0.5) is 0 Å². The van der Waals surface area contributed by atoms with Gasteiger partial charge in [-0.15, -0.1) is 0 Å². The van der Waals surface area contributed by atoms with E-state index in [9.17, 15) is 10.1 Å². The standard InChI is InChI=1S/C16H19ClN2O4/c1-10(9-21-2)19-16(20)12(8-18)5-11-6-13(17)15(23-4)14(7-11)22-3/h5-7,10H,9H2,1-4H3,(H,19,20)/b12-5+/t10-/m0/s1. The first-order chi connectivity index (χ1) is 11.0. The molecule has 7 heteroatoms. The maximum Gasteiger partial charge on any atom is 0.262 e. The summed E-state index contributed by atoms with van der Waals surface area (Å²) < 4.78 is 15.3. The Morgan fingerprint density at radius 1 is 1.39 bits per heavy atom. The summed E-state index contributed by atoms with van der Waals surface area (Å²) in [5, 5.41) is 12.2. The lowest BCUT2D eigenvalue weighted by Gasteiger charge is -2.12. The zero-order chi connectivity index (χ0) is 17.4. The molecule has 6 nitrogen and oxygen atoms in total. The van der Waals surface area contributed by atoms with Crippen LogP contribution in [0.25, 0.3) is 6.08 Å². The van der Waals surface area contributed by atoms with E-state index < -0.39 is 5.91 Å². The predicted octanol–water partition coefficient (Wildman–Crippen LogP) is 2.42. The topological polar surface area (TPSA) is 80.6 Å². The van der Waals surface area contributed by atoms with Crippen molar-refractivity contribution in [1.29, 1.82) is 5.26 Å². The van der Waals surface area contributed by atoms with Crippen molar-refractivity contribution in [3.05, 3.63) is 28.3 Å². The first-order valence-electron chi connectivity index (χ1n) is 6.79. The molecule has 0 saturated heterocycles. The first-order valence-corrected chi connectivity index (χ1v) is 7.17. The van der Waals surface area contributed by atoms with E-state index in [0.717, 1.165) is 0 Å². The van der Waals surface area contributed by atoms with Gasteiger partial charge in [0.2, 0.25) is 0 Å². The third kappa shape index (κ3) is 5.16. The predicted molar refractivity (Wildman–Crippen MR) is 87.6 cm³/mol. The summed E-state index contributed by atoms with van der Waals surface area (Å²) in [5.74, 6) is 0.322. The van der Waals surface area contributed by atoms with Crippen LogP contribution in [-0.4, -0.2) is 39.9 Å². The van der Waals surface area contributed by atoms with E-state index in [-0.39, 0.29) is 11.6 Å². The van der Waals surface area contributed by atoms with Crippen molar-refractivity contribution in [1.82, 2.24) is 5.32 Å². The van der Waals surface area contributed by atoms with E-state index in [2.05, 4.69) is 5.32 Å². The fourth-order valence-corrected chi connectivity index (χ4v) is 2.23. The second kappa shape index (κ2) is 9.03. The second-order valence-electron chi connectivity index (χ2n) is 4.74. The van der Waals surface area contributed by atoms with Crippen LogP contribution in [0, 0.1) is 11.3 Å². The lowest BCUT2D eigenvalue weighted by molar-refractivity contribution is -0.117. The molecule has 0 bridgehead atoms. The van der Waals surface area contributed by atoms with Crippen molar-refractivity contribution in [2.75, 3.05) is 27.9 Å². The van der Waals surface area contributed by atoms with Crippen molar-refractivity contribution in [3.63, 3.8) is 0 Å². The number of ether oxygens (including phenoxy) is 3. The summed E-state index contributed by atoms with van der Waals surface area (Å²) in [4.78, 5) is 12.1. The van der Waals surface area contributed by atoms with Gasteiger partial charge in [-0.3, -0.25) is 4.79 Å².